The third-order valence-electron chi connectivity index (χ3n) is 23.4. The number of amides is 1. The minimum absolute atomic E-state index is 0.00800. The Bertz CT molecular complexity index is 2160. The maximum Gasteiger partial charge on any atom is 0.310 e. The molecule has 1 aromatic rings. The largest absolute Gasteiger partial charge is 0.481 e. The molecule has 9 aliphatic rings. The first-order valence-corrected chi connectivity index (χ1v) is 27.1. The number of nitrogens with two attached hydrogens (primary N) is 1. The number of carboxylic acid groups (broad SMARTS) is 1. The number of rotatable bonds is 13. The number of hydrogen-bond acceptors (Lipinski definition) is 13. The van der Waals surface area contributed by atoms with E-state index < -0.39 is 105 Å². The van der Waals surface area contributed by atoms with Gasteiger partial charge in [-0.3, -0.25) is 9.59 Å². The number of carboxylic acids is 1. The van der Waals surface area contributed by atoms with Crippen LogP contribution in [-0.2, 0) is 19.1 Å². The van der Waals surface area contributed by atoms with Gasteiger partial charge >= 0.3 is 5.97 Å². The van der Waals surface area contributed by atoms with E-state index in [1.165, 1.54) is 5.57 Å². The van der Waals surface area contributed by atoms with Crippen LogP contribution in [0.1, 0.15) is 155 Å². The maximum absolute atomic E-state index is 14.9. The molecule has 3 heterocycles. The fourth-order valence-electron chi connectivity index (χ4n) is 19.6. The zero-order valence-electron chi connectivity index (χ0n) is 42.0. The number of aromatic amines is 1. The predicted molar refractivity (Wildman–Crippen MR) is 256 cm³/mol. The highest BCUT2D eigenvalue weighted by Crippen LogP contribution is 2.85. The van der Waals surface area contributed by atoms with Gasteiger partial charge in [0, 0.05) is 35.9 Å². The lowest BCUT2D eigenvalue weighted by Gasteiger charge is -2.80. The standard InChI is InChI=1S/C54H84N4O12/c1-47(28-60)18-19-52(46(67)68)20-21-53-14-8-15-54(17-10-31(53)34(52)24-47)48(53,2)16-11-37-49(3,38(62)26-59)43(70-44-42(65)41(64)36(61)27-69-44)40(63)33(50(37,54)4)23-32-39(58-45(66)51(32)12-5-6-13-51)30(9-7-22-55)35-25-56-29-57-35/h10,25,29-30,32-34,36-44,59-65H,5-9,11-24,26-28,55H2,1-4H3,(H,56,57)(H,58,66)(H,67,68)/t30-,32+,33+,34+,36-,37-,38-,39-,40-,41+,42-,43-,44+,47+,48+,49-,50+,52+,53-,54+/m1/s1. The fourth-order valence-corrected chi connectivity index (χ4v) is 19.6. The van der Waals surface area contributed by atoms with Crippen LogP contribution in [0.5, 0.6) is 0 Å². The molecule has 1 aromatic heterocycles. The van der Waals surface area contributed by atoms with Crippen LogP contribution < -0.4 is 11.1 Å². The molecule has 70 heavy (non-hydrogen) atoms. The highest BCUT2D eigenvalue weighted by atomic mass is 16.7. The summed E-state index contributed by atoms with van der Waals surface area (Å²) in [5.41, 5.74) is 2.86. The SMILES string of the molecule is C[C@]1(CO)CC[C@]2(C(=O)O)CC[C@]34CCC[C@@]5(CC=C3[C@@H]2C1)[C@]1(C)[C@H](CC[C@@]45C)[C@](C)([C@H](O)CO)[C@H](O[C@@H]2OC[C@@H](O)[C@H](O)[C@H]2O)[C@H](O)[C@@H]1C[C@H]1[C@@H]([C@H](CCCN)c2cnc[nH]2)NC(=O)C12CCCC2. The number of hydrogen-bond donors (Lipinski definition) is 11. The molecule has 0 unspecified atom stereocenters. The van der Waals surface area contributed by atoms with E-state index in [0.29, 0.717) is 70.8 Å². The summed E-state index contributed by atoms with van der Waals surface area (Å²) in [6.07, 6.45) is 8.45. The van der Waals surface area contributed by atoms with Crippen molar-refractivity contribution in [2.24, 2.45) is 72.7 Å². The third kappa shape index (κ3) is 6.71. The van der Waals surface area contributed by atoms with Crippen LogP contribution in [0, 0.1) is 67.0 Å². The minimum atomic E-state index is -1.68. The summed E-state index contributed by atoms with van der Waals surface area (Å²) < 4.78 is 12.8. The van der Waals surface area contributed by atoms with Gasteiger partial charge in [-0.15, -0.1) is 0 Å². The van der Waals surface area contributed by atoms with Crippen molar-refractivity contribution >= 4 is 11.9 Å². The number of allylic oxidation sites excluding steroid dienone is 2. The number of aliphatic hydroxyl groups excluding tert-OH is 7. The van der Waals surface area contributed by atoms with Crippen molar-refractivity contribution < 1.29 is 59.9 Å². The highest BCUT2D eigenvalue weighted by molar-refractivity contribution is 5.86. The van der Waals surface area contributed by atoms with E-state index in [0.717, 1.165) is 57.1 Å². The van der Waals surface area contributed by atoms with E-state index in [-0.39, 0.29) is 48.3 Å². The molecule has 20 atom stereocenters. The van der Waals surface area contributed by atoms with E-state index in [1.807, 2.05) is 13.1 Å². The highest BCUT2D eigenvalue weighted by Gasteiger charge is 2.81. The minimum Gasteiger partial charge on any atom is -0.481 e. The Hall–Kier alpha value is -2.51. The molecule has 2 bridgehead atoms. The molecule has 16 heteroatoms. The summed E-state index contributed by atoms with van der Waals surface area (Å²) in [5.74, 6) is -2.34. The van der Waals surface area contributed by atoms with Gasteiger partial charge in [-0.1, -0.05) is 58.6 Å². The van der Waals surface area contributed by atoms with Gasteiger partial charge < -0.3 is 66.4 Å². The Morgan fingerprint density at radius 2 is 1.69 bits per heavy atom. The molecule has 7 aliphatic carbocycles. The van der Waals surface area contributed by atoms with E-state index in [9.17, 15) is 50.4 Å². The van der Waals surface area contributed by atoms with Gasteiger partial charge in [-0.25, -0.2) is 4.98 Å². The second-order valence-corrected chi connectivity index (χ2v) is 25.5. The van der Waals surface area contributed by atoms with Crippen LogP contribution >= 0.6 is 0 Å². The predicted octanol–water partition coefficient (Wildman–Crippen LogP) is 4.04. The van der Waals surface area contributed by atoms with Gasteiger partial charge in [0.25, 0.3) is 0 Å². The van der Waals surface area contributed by atoms with E-state index in [4.69, 9.17) is 15.2 Å². The van der Waals surface area contributed by atoms with Crippen LogP contribution in [0.3, 0.4) is 0 Å². The number of ether oxygens (including phenoxy) is 2. The molecule has 16 nitrogen and oxygen atoms in total. The first-order chi connectivity index (χ1) is 33.2. The molecular weight excluding hydrogens is 897 g/mol. The van der Waals surface area contributed by atoms with Crippen LogP contribution in [0.2, 0.25) is 0 Å². The zero-order chi connectivity index (χ0) is 50.0. The van der Waals surface area contributed by atoms with Gasteiger partial charge in [0.2, 0.25) is 5.91 Å². The lowest BCUT2D eigenvalue weighted by Crippen LogP contribution is -2.78. The monoisotopic (exact) mass is 981 g/mol. The average Bonchev–Trinajstić information content (AvgIpc) is 4.11. The van der Waals surface area contributed by atoms with Crippen molar-refractivity contribution in [3.8, 4) is 0 Å². The summed E-state index contributed by atoms with van der Waals surface area (Å²) in [5, 5.41) is 95.9. The molecular formula is C54H84N4O12. The van der Waals surface area contributed by atoms with E-state index in [1.54, 1.807) is 6.33 Å². The molecule has 2 spiro atoms. The smallest absolute Gasteiger partial charge is 0.310 e. The number of H-pyrrole nitrogens is 1. The Labute approximate surface area is 413 Å². The fraction of sp³-hybridized carbons (Fsp3) is 0.870. The number of aliphatic carboxylic acids is 1. The van der Waals surface area contributed by atoms with Crippen molar-refractivity contribution in [1.29, 1.82) is 0 Å². The van der Waals surface area contributed by atoms with Gasteiger partial charge in [-0.05, 0) is 154 Å². The second kappa shape index (κ2) is 17.8. The van der Waals surface area contributed by atoms with Crippen LogP contribution in [0.15, 0.2) is 24.2 Å². The van der Waals surface area contributed by atoms with Crippen molar-refractivity contribution in [1.82, 2.24) is 15.3 Å². The van der Waals surface area contributed by atoms with Crippen molar-refractivity contribution in [3.63, 3.8) is 0 Å². The van der Waals surface area contributed by atoms with Crippen molar-refractivity contribution in [3.05, 3.63) is 29.9 Å². The van der Waals surface area contributed by atoms with Gasteiger partial charge in [0.15, 0.2) is 6.29 Å². The lowest BCUT2D eigenvalue weighted by molar-refractivity contribution is -0.366. The molecule has 10 rings (SSSR count). The van der Waals surface area contributed by atoms with Gasteiger partial charge in [-0.2, -0.15) is 0 Å². The number of aromatic nitrogens is 2. The first kappa shape index (κ1) is 51.0. The number of nitrogens with one attached hydrogen (secondary N) is 2. The number of imidazole rings is 1. The Kier molecular flexibility index (Phi) is 13.0. The quantitative estimate of drug-likeness (QED) is 0.0984. The average molecular weight is 981 g/mol. The summed E-state index contributed by atoms with van der Waals surface area (Å²) in [6.45, 7) is 8.29. The number of carbonyl (C=O) groups excluding carboxylic acids is 1. The van der Waals surface area contributed by atoms with Crippen molar-refractivity contribution in [2.75, 3.05) is 26.4 Å². The summed E-state index contributed by atoms with van der Waals surface area (Å²) in [6, 6.07) is -0.333. The maximum atomic E-state index is 14.9. The molecule has 2 aliphatic heterocycles. The van der Waals surface area contributed by atoms with E-state index >= 15 is 0 Å². The Balaban J connectivity index is 1.17. The Morgan fingerprint density at radius 3 is 2.36 bits per heavy atom. The molecule has 1 amide bonds. The number of nitrogens with zero attached hydrogens (tertiary/aromatic N) is 1. The molecule has 0 radical (unpaired) electrons. The normalized spacial score (nSPS) is 49.2. The molecule has 0 aromatic carbocycles. The second-order valence-electron chi connectivity index (χ2n) is 25.5. The van der Waals surface area contributed by atoms with E-state index in [2.05, 4.69) is 42.1 Å². The summed E-state index contributed by atoms with van der Waals surface area (Å²) >= 11 is 0. The van der Waals surface area contributed by atoms with Crippen molar-refractivity contribution in [2.45, 2.75) is 198 Å². The van der Waals surface area contributed by atoms with Crippen LogP contribution in [0.4, 0.5) is 0 Å². The summed E-state index contributed by atoms with van der Waals surface area (Å²) in [7, 11) is 0. The molecule has 8 fully saturated rings. The zero-order valence-corrected chi connectivity index (χ0v) is 42.0. The number of aliphatic hydroxyl groups is 7. The van der Waals surface area contributed by atoms with Gasteiger partial charge in [0.05, 0.1) is 48.7 Å². The lowest BCUT2D eigenvalue weighted by atomic mass is 9.24. The summed E-state index contributed by atoms with van der Waals surface area (Å²) in [4.78, 5) is 36.4. The molecule has 12 N–H and O–H groups in total. The molecule has 392 valence electrons. The van der Waals surface area contributed by atoms with Gasteiger partial charge in [0.1, 0.15) is 18.3 Å². The third-order valence-corrected chi connectivity index (χ3v) is 23.4. The number of fused-ring (bicyclic) bond motifs is 3. The first-order valence-electron chi connectivity index (χ1n) is 27.1. The Morgan fingerprint density at radius 1 is 0.943 bits per heavy atom. The molecule has 6 saturated carbocycles. The van der Waals surface area contributed by atoms with Crippen LogP contribution in [-0.4, -0.2) is 138 Å². The molecule has 2 saturated heterocycles. The van der Waals surface area contributed by atoms with Crippen LogP contribution in [0.25, 0.3) is 0 Å². The topological polar surface area (TPSA) is 281 Å². The number of carbonyl (C=O) groups is 2.